The number of aliphatic hydroxyl groups is 1. The summed E-state index contributed by atoms with van der Waals surface area (Å²) in [6, 6.07) is 0. The van der Waals surface area contributed by atoms with Gasteiger partial charge in [0.2, 0.25) is 0 Å². The van der Waals surface area contributed by atoms with E-state index in [0.717, 1.165) is 6.42 Å². The highest BCUT2D eigenvalue weighted by molar-refractivity contribution is 5.06. The monoisotopic (exact) mass is 140 g/mol. The Bertz CT molecular complexity index is 138. The molecule has 1 N–H and O–H groups in total. The Morgan fingerprint density at radius 3 is 2.90 bits per heavy atom. The van der Waals surface area contributed by atoms with Crippen molar-refractivity contribution in [2.24, 2.45) is 11.8 Å². The van der Waals surface area contributed by atoms with Crippen molar-refractivity contribution in [3.05, 3.63) is 11.6 Å². The van der Waals surface area contributed by atoms with Gasteiger partial charge in [0.25, 0.3) is 0 Å². The summed E-state index contributed by atoms with van der Waals surface area (Å²) in [6.45, 7) is 4.76. The maximum atomic E-state index is 8.87. The second kappa shape index (κ2) is 3.20. The van der Waals surface area contributed by atoms with Crippen LogP contribution in [0.4, 0.5) is 0 Å². The van der Waals surface area contributed by atoms with Gasteiger partial charge >= 0.3 is 0 Å². The van der Waals surface area contributed by atoms with Gasteiger partial charge in [-0.05, 0) is 31.6 Å². The van der Waals surface area contributed by atoms with Crippen molar-refractivity contribution in [2.75, 3.05) is 6.61 Å². The van der Waals surface area contributed by atoms with E-state index in [9.17, 15) is 0 Å². The van der Waals surface area contributed by atoms with E-state index in [0.29, 0.717) is 18.4 Å². The first-order valence-electron chi connectivity index (χ1n) is 4.01. The van der Waals surface area contributed by atoms with E-state index in [-0.39, 0.29) is 0 Å². The highest BCUT2D eigenvalue weighted by Crippen LogP contribution is 2.27. The summed E-state index contributed by atoms with van der Waals surface area (Å²) in [5.74, 6) is 1.21. The Labute approximate surface area is 62.8 Å². The number of aliphatic hydroxyl groups excluding tert-OH is 1. The van der Waals surface area contributed by atoms with Crippen LogP contribution in [0.1, 0.15) is 26.7 Å². The normalized spacial score (nSPS) is 33.7. The van der Waals surface area contributed by atoms with Gasteiger partial charge in [0.15, 0.2) is 0 Å². The minimum atomic E-state index is 0.355. The third-order valence-corrected chi connectivity index (χ3v) is 2.50. The first-order valence-corrected chi connectivity index (χ1v) is 4.01. The summed E-state index contributed by atoms with van der Waals surface area (Å²) in [4.78, 5) is 0. The van der Waals surface area contributed by atoms with Gasteiger partial charge in [0.1, 0.15) is 0 Å². The highest BCUT2D eigenvalue weighted by atomic mass is 16.3. The Kier molecular flexibility index (Phi) is 2.50. The zero-order valence-electron chi connectivity index (χ0n) is 6.80. The molecule has 0 aromatic rings. The molecule has 0 fully saturated rings. The van der Waals surface area contributed by atoms with E-state index in [1.807, 2.05) is 0 Å². The van der Waals surface area contributed by atoms with Crippen molar-refractivity contribution in [3.8, 4) is 0 Å². The molecule has 0 bridgehead atoms. The first-order chi connectivity index (χ1) is 4.74. The number of hydrogen-bond acceptors (Lipinski definition) is 1. The molecule has 0 heterocycles. The van der Waals surface area contributed by atoms with Gasteiger partial charge in [-0.25, -0.2) is 0 Å². The quantitative estimate of drug-likeness (QED) is 0.552. The number of hydrogen-bond donors (Lipinski definition) is 1. The second-order valence-electron chi connectivity index (χ2n) is 3.37. The second-order valence-corrected chi connectivity index (χ2v) is 3.37. The van der Waals surface area contributed by atoms with Crippen molar-refractivity contribution in [1.29, 1.82) is 0 Å². The van der Waals surface area contributed by atoms with Gasteiger partial charge in [-0.3, -0.25) is 0 Å². The fourth-order valence-electron chi connectivity index (χ4n) is 1.48. The molecule has 2 unspecified atom stereocenters. The molecule has 0 aliphatic heterocycles. The lowest BCUT2D eigenvalue weighted by atomic mass is 9.83. The average Bonchev–Trinajstić information content (AvgIpc) is 1.95. The summed E-state index contributed by atoms with van der Waals surface area (Å²) in [6.07, 6.45) is 4.50. The van der Waals surface area contributed by atoms with Crippen LogP contribution >= 0.6 is 0 Å². The Morgan fingerprint density at radius 1 is 1.70 bits per heavy atom. The minimum absolute atomic E-state index is 0.355. The zero-order valence-corrected chi connectivity index (χ0v) is 6.80. The smallest absolute Gasteiger partial charge is 0.0462 e. The van der Waals surface area contributed by atoms with Crippen LogP contribution in [0.15, 0.2) is 11.6 Å². The largest absolute Gasteiger partial charge is 0.396 e. The maximum Gasteiger partial charge on any atom is 0.0462 e. The SMILES string of the molecule is CC1=CCC(CO)CC1C. The van der Waals surface area contributed by atoms with E-state index in [4.69, 9.17) is 5.11 Å². The summed E-state index contributed by atoms with van der Waals surface area (Å²) in [5.41, 5.74) is 1.49. The van der Waals surface area contributed by atoms with Crippen molar-refractivity contribution in [1.82, 2.24) is 0 Å². The van der Waals surface area contributed by atoms with Crippen molar-refractivity contribution < 1.29 is 5.11 Å². The molecular formula is C9H16O. The van der Waals surface area contributed by atoms with Gasteiger partial charge in [-0.15, -0.1) is 0 Å². The fraction of sp³-hybridized carbons (Fsp3) is 0.778. The Balaban J connectivity index is 2.51. The molecule has 0 spiro atoms. The third-order valence-electron chi connectivity index (χ3n) is 2.50. The van der Waals surface area contributed by atoms with Crippen LogP contribution in [0.25, 0.3) is 0 Å². The topological polar surface area (TPSA) is 20.2 Å². The molecule has 0 aromatic heterocycles. The highest BCUT2D eigenvalue weighted by Gasteiger charge is 2.16. The van der Waals surface area contributed by atoms with Crippen molar-refractivity contribution in [3.63, 3.8) is 0 Å². The molecule has 1 heteroatoms. The van der Waals surface area contributed by atoms with Crippen LogP contribution in [-0.2, 0) is 0 Å². The molecule has 1 rings (SSSR count). The van der Waals surface area contributed by atoms with Crippen molar-refractivity contribution >= 4 is 0 Å². The van der Waals surface area contributed by atoms with E-state index in [1.165, 1.54) is 12.0 Å². The Morgan fingerprint density at radius 2 is 2.40 bits per heavy atom. The van der Waals surface area contributed by atoms with E-state index in [2.05, 4.69) is 19.9 Å². The van der Waals surface area contributed by atoms with Gasteiger partial charge in [0, 0.05) is 6.61 Å². The van der Waals surface area contributed by atoms with Gasteiger partial charge < -0.3 is 5.11 Å². The van der Waals surface area contributed by atoms with Gasteiger partial charge in [0.05, 0.1) is 0 Å². The molecule has 1 aliphatic carbocycles. The molecule has 0 aromatic carbocycles. The molecule has 10 heavy (non-hydrogen) atoms. The summed E-state index contributed by atoms with van der Waals surface area (Å²) >= 11 is 0. The lowest BCUT2D eigenvalue weighted by Crippen LogP contribution is -2.15. The molecule has 2 atom stereocenters. The van der Waals surface area contributed by atoms with Crippen LogP contribution in [0.3, 0.4) is 0 Å². The molecule has 0 saturated carbocycles. The zero-order chi connectivity index (χ0) is 7.56. The van der Waals surface area contributed by atoms with Gasteiger partial charge in [-0.1, -0.05) is 18.6 Å². The van der Waals surface area contributed by atoms with Crippen molar-refractivity contribution in [2.45, 2.75) is 26.7 Å². The molecule has 0 radical (unpaired) electrons. The predicted molar refractivity (Wildman–Crippen MR) is 42.7 cm³/mol. The van der Waals surface area contributed by atoms with Gasteiger partial charge in [-0.2, -0.15) is 0 Å². The van der Waals surface area contributed by atoms with Crippen LogP contribution in [-0.4, -0.2) is 11.7 Å². The number of rotatable bonds is 1. The van der Waals surface area contributed by atoms with E-state index >= 15 is 0 Å². The average molecular weight is 140 g/mol. The number of allylic oxidation sites excluding steroid dienone is 2. The standard InChI is InChI=1S/C9H16O/c1-7-3-4-9(6-10)5-8(7)2/h3,8-10H,4-6H2,1-2H3. The van der Waals surface area contributed by atoms with Crippen LogP contribution in [0.2, 0.25) is 0 Å². The molecule has 58 valence electrons. The summed E-state index contributed by atoms with van der Waals surface area (Å²) in [5, 5.41) is 8.87. The lowest BCUT2D eigenvalue weighted by Gasteiger charge is -2.23. The summed E-state index contributed by atoms with van der Waals surface area (Å²) in [7, 11) is 0. The lowest BCUT2D eigenvalue weighted by molar-refractivity contribution is 0.203. The van der Waals surface area contributed by atoms with E-state index < -0.39 is 0 Å². The molecular weight excluding hydrogens is 124 g/mol. The fourth-order valence-corrected chi connectivity index (χ4v) is 1.48. The molecule has 1 aliphatic rings. The van der Waals surface area contributed by atoms with E-state index in [1.54, 1.807) is 0 Å². The molecule has 1 nitrogen and oxygen atoms in total. The van der Waals surface area contributed by atoms with Crippen LogP contribution in [0.5, 0.6) is 0 Å². The third kappa shape index (κ3) is 1.60. The van der Waals surface area contributed by atoms with Crippen LogP contribution in [0, 0.1) is 11.8 Å². The maximum absolute atomic E-state index is 8.87. The first kappa shape index (κ1) is 7.80. The Hall–Kier alpha value is -0.300. The summed E-state index contributed by atoms with van der Waals surface area (Å²) < 4.78 is 0. The molecule has 0 saturated heterocycles. The van der Waals surface area contributed by atoms with Crippen LogP contribution < -0.4 is 0 Å². The minimum Gasteiger partial charge on any atom is -0.396 e. The predicted octanol–water partition coefficient (Wildman–Crippen LogP) is 1.97. The molecule has 0 amide bonds.